The molecule has 0 saturated carbocycles. The highest BCUT2D eigenvalue weighted by Gasteiger charge is 2.28. The lowest BCUT2D eigenvalue weighted by molar-refractivity contribution is 0.0184. The van der Waals surface area contributed by atoms with Crippen LogP contribution in [0.25, 0.3) is 16.6 Å². The van der Waals surface area contributed by atoms with Crippen LogP contribution >= 0.6 is 0 Å². The summed E-state index contributed by atoms with van der Waals surface area (Å²) in [6.45, 7) is 12.9. The molecule has 3 heterocycles. The van der Waals surface area contributed by atoms with Crippen LogP contribution in [-0.4, -0.2) is 63.1 Å². The van der Waals surface area contributed by atoms with Crippen LogP contribution in [-0.2, 0) is 11.2 Å². The van der Waals surface area contributed by atoms with Gasteiger partial charge in [-0.05, 0) is 96.0 Å². The number of amides is 2. The number of aromatic nitrogens is 2. The molecule has 3 aromatic rings. The first-order chi connectivity index (χ1) is 17.9. The number of piperidine rings is 1. The van der Waals surface area contributed by atoms with Gasteiger partial charge in [0.05, 0.1) is 23.0 Å². The van der Waals surface area contributed by atoms with E-state index in [2.05, 4.69) is 11.2 Å². The van der Waals surface area contributed by atoms with Crippen LogP contribution in [0.4, 0.5) is 9.18 Å². The molecule has 1 fully saturated rings. The highest BCUT2D eigenvalue weighted by molar-refractivity contribution is 5.99. The van der Waals surface area contributed by atoms with E-state index in [1.165, 1.54) is 12.1 Å². The molecule has 8 heteroatoms. The maximum Gasteiger partial charge on any atom is 0.410 e. The number of aryl methyl sites for hydroxylation is 1. The molecule has 1 aliphatic rings. The zero-order valence-electron chi connectivity index (χ0n) is 23.5. The third kappa shape index (κ3) is 5.84. The Balaban J connectivity index is 1.65. The van der Waals surface area contributed by atoms with Gasteiger partial charge < -0.3 is 19.1 Å². The Hall–Kier alpha value is -3.42. The molecule has 4 rings (SSSR count). The van der Waals surface area contributed by atoms with Gasteiger partial charge in [0.1, 0.15) is 11.4 Å². The summed E-state index contributed by atoms with van der Waals surface area (Å²) in [4.78, 5) is 33.7. The number of hydrogen-bond acceptors (Lipinski definition) is 4. The van der Waals surface area contributed by atoms with E-state index in [0.717, 1.165) is 41.3 Å². The van der Waals surface area contributed by atoms with Gasteiger partial charge in [0.15, 0.2) is 0 Å². The van der Waals surface area contributed by atoms with Gasteiger partial charge in [0.2, 0.25) is 0 Å². The Labute approximate surface area is 224 Å². The minimum Gasteiger partial charge on any atom is -0.444 e. The summed E-state index contributed by atoms with van der Waals surface area (Å²) >= 11 is 0. The van der Waals surface area contributed by atoms with Gasteiger partial charge in [-0.15, -0.1) is 0 Å². The maximum absolute atomic E-state index is 14.3. The van der Waals surface area contributed by atoms with E-state index in [9.17, 15) is 14.0 Å². The van der Waals surface area contributed by atoms with Gasteiger partial charge in [-0.1, -0.05) is 0 Å². The molecule has 0 atom stereocenters. The van der Waals surface area contributed by atoms with Crippen LogP contribution in [0.3, 0.4) is 0 Å². The maximum atomic E-state index is 14.3. The monoisotopic (exact) mass is 522 g/mol. The largest absolute Gasteiger partial charge is 0.444 e. The number of likely N-dealkylation sites (tertiary alicyclic amines) is 1. The quantitative estimate of drug-likeness (QED) is 0.404. The number of rotatable bonds is 5. The predicted molar refractivity (Wildman–Crippen MR) is 147 cm³/mol. The molecular formula is C30H39FN4O3. The fourth-order valence-corrected chi connectivity index (χ4v) is 5.07. The molecule has 0 N–H and O–H groups in total. The van der Waals surface area contributed by atoms with E-state index in [1.54, 1.807) is 29.1 Å². The first-order valence-corrected chi connectivity index (χ1v) is 13.3. The average Bonchev–Trinajstić information content (AvgIpc) is 3.21. The summed E-state index contributed by atoms with van der Waals surface area (Å²) < 4.78 is 21.8. The van der Waals surface area contributed by atoms with Crippen molar-refractivity contribution < 1.29 is 18.7 Å². The number of halogens is 1. The van der Waals surface area contributed by atoms with Crippen molar-refractivity contribution in [3.63, 3.8) is 0 Å². The third-order valence-electron chi connectivity index (χ3n) is 7.30. The van der Waals surface area contributed by atoms with E-state index in [-0.39, 0.29) is 18.0 Å². The van der Waals surface area contributed by atoms with Gasteiger partial charge in [0, 0.05) is 44.0 Å². The van der Waals surface area contributed by atoms with E-state index < -0.39 is 11.4 Å². The lowest BCUT2D eigenvalue weighted by Crippen LogP contribution is -2.42. The molecule has 2 aromatic heterocycles. The molecule has 0 unspecified atom stereocenters. The second-order valence-corrected chi connectivity index (χ2v) is 11.7. The standard InChI is InChI=1S/C30H39FN4O3/c1-19(2)33(7)28(36)24-15-23(31)8-9-25(24)35-18-22(27-20(3)16-32-17-26(27)35)14-21-10-12-34(13-11-21)29(37)38-30(4,5)6/h8-9,15-19,21H,10-14H2,1-7H3. The summed E-state index contributed by atoms with van der Waals surface area (Å²) in [6.07, 6.45) is 8.08. The Morgan fingerprint density at radius 2 is 1.87 bits per heavy atom. The van der Waals surface area contributed by atoms with Gasteiger partial charge >= 0.3 is 6.09 Å². The average molecular weight is 523 g/mol. The highest BCUT2D eigenvalue weighted by atomic mass is 19.1. The molecule has 0 radical (unpaired) electrons. The van der Waals surface area contributed by atoms with Crippen molar-refractivity contribution in [1.29, 1.82) is 0 Å². The molecule has 1 saturated heterocycles. The van der Waals surface area contributed by atoms with E-state index in [1.807, 2.05) is 52.3 Å². The summed E-state index contributed by atoms with van der Waals surface area (Å²) in [5.41, 5.74) is 3.54. The van der Waals surface area contributed by atoms with Crippen LogP contribution in [0.5, 0.6) is 0 Å². The summed E-state index contributed by atoms with van der Waals surface area (Å²) in [5, 5.41) is 1.11. The van der Waals surface area contributed by atoms with E-state index in [4.69, 9.17) is 4.74 Å². The number of carbonyl (C=O) groups is 2. The van der Waals surface area contributed by atoms with Crippen molar-refractivity contribution in [2.75, 3.05) is 20.1 Å². The number of hydrogen-bond donors (Lipinski definition) is 0. The number of ether oxygens (including phenoxy) is 1. The Morgan fingerprint density at radius 3 is 2.50 bits per heavy atom. The van der Waals surface area contributed by atoms with Gasteiger partial charge in [-0.3, -0.25) is 9.78 Å². The van der Waals surface area contributed by atoms with Crippen molar-refractivity contribution in [3.05, 3.63) is 59.3 Å². The van der Waals surface area contributed by atoms with Gasteiger partial charge in [0.25, 0.3) is 5.91 Å². The normalized spacial score (nSPS) is 14.8. The first kappa shape index (κ1) is 27.6. The lowest BCUT2D eigenvalue weighted by atomic mass is 9.90. The first-order valence-electron chi connectivity index (χ1n) is 13.3. The molecule has 204 valence electrons. The molecule has 2 amide bonds. The predicted octanol–water partition coefficient (Wildman–Crippen LogP) is 6.14. The Bertz CT molecular complexity index is 1330. The molecule has 1 aromatic carbocycles. The topological polar surface area (TPSA) is 67.7 Å². The molecule has 7 nitrogen and oxygen atoms in total. The minimum absolute atomic E-state index is 0.0222. The summed E-state index contributed by atoms with van der Waals surface area (Å²) in [6, 6.07) is 4.35. The molecule has 38 heavy (non-hydrogen) atoms. The lowest BCUT2D eigenvalue weighted by Gasteiger charge is -2.33. The van der Waals surface area contributed by atoms with Crippen LogP contribution in [0, 0.1) is 18.7 Å². The Morgan fingerprint density at radius 1 is 1.18 bits per heavy atom. The number of carbonyl (C=O) groups excluding carboxylic acids is 2. The third-order valence-corrected chi connectivity index (χ3v) is 7.30. The highest BCUT2D eigenvalue weighted by Crippen LogP contribution is 2.33. The zero-order chi connectivity index (χ0) is 27.8. The molecular weight excluding hydrogens is 483 g/mol. The summed E-state index contributed by atoms with van der Waals surface area (Å²) in [5.74, 6) is -0.272. The number of fused-ring (bicyclic) bond motifs is 1. The Kier molecular flexibility index (Phi) is 7.81. The van der Waals surface area contributed by atoms with Crippen molar-refractivity contribution in [2.45, 2.75) is 72.4 Å². The molecule has 0 aliphatic carbocycles. The molecule has 0 spiro atoms. The summed E-state index contributed by atoms with van der Waals surface area (Å²) in [7, 11) is 1.73. The molecule has 1 aliphatic heterocycles. The van der Waals surface area contributed by atoms with Crippen molar-refractivity contribution >= 4 is 22.9 Å². The van der Waals surface area contributed by atoms with Gasteiger partial charge in [-0.25, -0.2) is 9.18 Å². The number of benzene rings is 1. The van der Waals surface area contributed by atoms with Crippen molar-refractivity contribution in [3.8, 4) is 5.69 Å². The van der Waals surface area contributed by atoms with Crippen LogP contribution in [0.1, 0.15) is 68.9 Å². The van der Waals surface area contributed by atoms with Crippen LogP contribution in [0.15, 0.2) is 36.8 Å². The fourth-order valence-electron chi connectivity index (χ4n) is 5.07. The van der Waals surface area contributed by atoms with Crippen molar-refractivity contribution in [1.82, 2.24) is 19.4 Å². The fraction of sp³-hybridized carbons (Fsp3) is 0.500. The SMILES string of the molecule is Cc1cncc2c1c(CC1CCN(C(=O)OC(C)(C)C)CC1)cn2-c1ccc(F)cc1C(=O)N(C)C(C)C. The number of pyridine rings is 1. The number of nitrogens with zero attached hydrogens (tertiary/aromatic N) is 4. The van der Waals surface area contributed by atoms with E-state index in [0.29, 0.717) is 30.3 Å². The van der Waals surface area contributed by atoms with Crippen LogP contribution < -0.4 is 0 Å². The van der Waals surface area contributed by atoms with Gasteiger partial charge in [-0.2, -0.15) is 0 Å². The second kappa shape index (κ2) is 10.8. The van der Waals surface area contributed by atoms with Crippen molar-refractivity contribution in [2.24, 2.45) is 5.92 Å². The zero-order valence-corrected chi connectivity index (χ0v) is 23.5. The van der Waals surface area contributed by atoms with Crippen LogP contribution in [0.2, 0.25) is 0 Å². The van der Waals surface area contributed by atoms with E-state index >= 15 is 0 Å². The smallest absolute Gasteiger partial charge is 0.410 e. The molecule has 0 bridgehead atoms. The minimum atomic E-state index is -0.508. The second-order valence-electron chi connectivity index (χ2n) is 11.7.